The number of carboxylic acids is 1. The molecular weight excluding hydrogens is 537 g/mol. The maximum atomic E-state index is 12.8. The van der Waals surface area contributed by atoms with Crippen molar-refractivity contribution in [3.63, 3.8) is 0 Å². The Kier molecular flexibility index (Phi) is 6.61. The van der Waals surface area contributed by atoms with Gasteiger partial charge >= 0.3 is 12.3 Å². The summed E-state index contributed by atoms with van der Waals surface area (Å²) >= 11 is 0. The highest BCUT2D eigenvalue weighted by molar-refractivity contribution is 6.07. The molecule has 0 radical (unpaired) electrons. The van der Waals surface area contributed by atoms with E-state index >= 15 is 0 Å². The van der Waals surface area contributed by atoms with E-state index in [0.29, 0.717) is 34.2 Å². The van der Waals surface area contributed by atoms with Crippen molar-refractivity contribution in [3.05, 3.63) is 89.1 Å². The number of nitrogens with zero attached hydrogens (tertiary/aromatic N) is 2. The molecule has 10 heteroatoms. The summed E-state index contributed by atoms with van der Waals surface area (Å²) in [5, 5.41) is 11.3. The smallest absolute Gasteiger partial charge is 0.493 e. The fraction of sp³-hybridized carbons (Fsp3) is 0.194. The summed E-state index contributed by atoms with van der Waals surface area (Å²) in [6, 6.07) is 16.7. The summed E-state index contributed by atoms with van der Waals surface area (Å²) in [6.45, 7) is 2.19. The van der Waals surface area contributed by atoms with Crippen LogP contribution in [0.25, 0.3) is 32.9 Å². The maximum absolute atomic E-state index is 12.8. The fourth-order valence-electron chi connectivity index (χ4n) is 5.30. The van der Waals surface area contributed by atoms with E-state index in [4.69, 9.17) is 9.47 Å². The van der Waals surface area contributed by atoms with Gasteiger partial charge in [-0.25, -0.2) is 4.98 Å². The predicted octanol–water partition coefficient (Wildman–Crippen LogP) is 6.80. The van der Waals surface area contributed by atoms with Crippen molar-refractivity contribution in [2.24, 2.45) is 0 Å². The average molecular weight is 561 g/mol. The predicted molar refractivity (Wildman–Crippen MR) is 145 cm³/mol. The minimum absolute atomic E-state index is 0.194. The van der Waals surface area contributed by atoms with Gasteiger partial charge in [0, 0.05) is 40.6 Å². The van der Waals surface area contributed by atoms with E-state index < -0.39 is 12.3 Å². The molecule has 0 saturated carbocycles. The number of rotatable bonds is 7. The molecular formula is C31H23F3N2O5. The molecule has 7 nitrogen and oxygen atoms in total. The van der Waals surface area contributed by atoms with Crippen LogP contribution in [-0.2, 0) is 24.2 Å². The van der Waals surface area contributed by atoms with Crippen LogP contribution in [0.1, 0.15) is 22.3 Å². The molecule has 3 aromatic carbocycles. The van der Waals surface area contributed by atoms with E-state index in [-0.39, 0.29) is 30.2 Å². The molecule has 1 aliphatic heterocycles. The zero-order chi connectivity index (χ0) is 28.7. The summed E-state index contributed by atoms with van der Waals surface area (Å²) in [4.78, 5) is 21.2. The molecule has 6 rings (SSSR count). The van der Waals surface area contributed by atoms with E-state index in [1.54, 1.807) is 30.5 Å². The zero-order valence-corrected chi connectivity index (χ0v) is 21.8. The Bertz CT molecular complexity index is 1810. The third-order valence-electron chi connectivity index (χ3n) is 7.04. The van der Waals surface area contributed by atoms with Gasteiger partial charge in [0.15, 0.2) is 0 Å². The number of alkyl halides is 3. The third kappa shape index (κ3) is 5.20. The number of pyridine rings is 2. The molecule has 3 heterocycles. The molecule has 0 fully saturated rings. The normalized spacial score (nSPS) is 12.8. The number of hydrogen-bond acceptors (Lipinski definition) is 6. The Morgan fingerprint density at radius 3 is 2.73 bits per heavy atom. The van der Waals surface area contributed by atoms with E-state index in [0.717, 1.165) is 34.2 Å². The van der Waals surface area contributed by atoms with Gasteiger partial charge in [-0.05, 0) is 65.6 Å². The van der Waals surface area contributed by atoms with E-state index in [1.165, 1.54) is 18.2 Å². The van der Waals surface area contributed by atoms with Gasteiger partial charge in [0.05, 0.1) is 24.1 Å². The Hall–Kier alpha value is -4.86. The summed E-state index contributed by atoms with van der Waals surface area (Å²) in [5.74, 6) is -0.394. The van der Waals surface area contributed by atoms with Gasteiger partial charge in [-0.1, -0.05) is 18.2 Å². The molecule has 0 saturated heterocycles. The van der Waals surface area contributed by atoms with Gasteiger partial charge in [0.2, 0.25) is 5.88 Å². The van der Waals surface area contributed by atoms with Crippen molar-refractivity contribution in [2.75, 3.05) is 6.61 Å². The molecule has 0 atom stereocenters. The number of aryl methyl sites for hydroxylation is 1. The summed E-state index contributed by atoms with van der Waals surface area (Å²) in [6.07, 6.45) is -2.55. The molecule has 208 valence electrons. The monoisotopic (exact) mass is 560 g/mol. The fourth-order valence-corrected chi connectivity index (χ4v) is 5.30. The highest BCUT2D eigenvalue weighted by Crippen LogP contribution is 2.42. The number of halogens is 3. The molecule has 0 unspecified atom stereocenters. The lowest BCUT2D eigenvalue weighted by Crippen LogP contribution is -2.18. The van der Waals surface area contributed by atoms with Crippen LogP contribution in [0.3, 0.4) is 0 Å². The van der Waals surface area contributed by atoms with Gasteiger partial charge in [-0.15, -0.1) is 13.2 Å². The topological polar surface area (TPSA) is 90.8 Å². The maximum Gasteiger partial charge on any atom is 0.573 e. The number of carbonyl (C=O) groups is 1. The van der Waals surface area contributed by atoms with Crippen molar-refractivity contribution in [3.8, 4) is 28.5 Å². The molecule has 5 aromatic rings. The Labute approximate surface area is 232 Å². The van der Waals surface area contributed by atoms with Crippen molar-refractivity contribution in [1.82, 2.24) is 9.97 Å². The second-order valence-electron chi connectivity index (χ2n) is 9.68. The lowest BCUT2D eigenvalue weighted by molar-refractivity contribution is -0.275. The third-order valence-corrected chi connectivity index (χ3v) is 7.04. The van der Waals surface area contributed by atoms with Gasteiger partial charge in [-0.2, -0.15) is 0 Å². The SMILES string of the molecule is Cc1cc2nc(OCc3ccccc3OC(F)(F)F)ccc2c(-c2ccc3c4c(ccnc24)CCO3)c1CC(=O)O. The number of hydrogen-bond donors (Lipinski definition) is 1. The van der Waals surface area contributed by atoms with Gasteiger partial charge < -0.3 is 19.3 Å². The second-order valence-corrected chi connectivity index (χ2v) is 9.68. The van der Waals surface area contributed by atoms with E-state index in [1.807, 2.05) is 25.1 Å². The van der Waals surface area contributed by atoms with Crippen LogP contribution >= 0.6 is 0 Å². The van der Waals surface area contributed by atoms with Crippen LogP contribution < -0.4 is 14.2 Å². The average Bonchev–Trinajstić information content (AvgIpc) is 2.93. The molecule has 2 aromatic heterocycles. The highest BCUT2D eigenvalue weighted by atomic mass is 19.4. The second kappa shape index (κ2) is 10.3. The first-order chi connectivity index (χ1) is 19.7. The molecule has 41 heavy (non-hydrogen) atoms. The van der Waals surface area contributed by atoms with Gasteiger partial charge in [0.1, 0.15) is 18.1 Å². The molecule has 0 amide bonds. The molecule has 0 spiro atoms. The quantitative estimate of drug-likeness (QED) is 0.234. The number of benzene rings is 3. The van der Waals surface area contributed by atoms with Crippen molar-refractivity contribution in [1.29, 1.82) is 0 Å². The van der Waals surface area contributed by atoms with Crippen LogP contribution in [0.15, 0.2) is 66.9 Å². The number of aromatic nitrogens is 2. The van der Waals surface area contributed by atoms with Crippen molar-refractivity contribution >= 4 is 27.8 Å². The molecule has 1 N–H and O–H groups in total. The molecule has 1 aliphatic rings. The van der Waals surface area contributed by atoms with Gasteiger partial charge in [0.25, 0.3) is 0 Å². The minimum Gasteiger partial charge on any atom is -0.493 e. The minimum atomic E-state index is -4.83. The summed E-state index contributed by atoms with van der Waals surface area (Å²) < 4.78 is 54.3. The van der Waals surface area contributed by atoms with Crippen LogP contribution in [0.2, 0.25) is 0 Å². The Balaban J connectivity index is 1.45. The van der Waals surface area contributed by atoms with E-state index in [2.05, 4.69) is 14.7 Å². The first-order valence-corrected chi connectivity index (χ1v) is 12.8. The Morgan fingerprint density at radius 2 is 1.93 bits per heavy atom. The standard InChI is InChI=1S/C31H23F3N2O5/c1-17-14-23-20(7-9-26(36-23)40-16-19-4-2-3-5-24(19)41-31(32,33)34)29(22(17)15-27(37)38)21-6-8-25-28-18(11-13-39-25)10-12-35-30(21)28/h2-10,12,14H,11,13,15-16H2,1H3,(H,37,38). The first kappa shape index (κ1) is 26.4. The van der Waals surface area contributed by atoms with Crippen LogP contribution in [-0.4, -0.2) is 34.0 Å². The largest absolute Gasteiger partial charge is 0.573 e. The van der Waals surface area contributed by atoms with Gasteiger partial charge in [-0.3, -0.25) is 9.78 Å². The Morgan fingerprint density at radius 1 is 1.10 bits per heavy atom. The lowest BCUT2D eigenvalue weighted by atomic mass is 9.88. The number of aliphatic carboxylic acids is 1. The number of carboxylic acid groups (broad SMARTS) is 1. The van der Waals surface area contributed by atoms with Crippen LogP contribution in [0.4, 0.5) is 13.2 Å². The number of ether oxygens (including phenoxy) is 3. The number of fused-ring (bicyclic) bond motifs is 1. The first-order valence-electron chi connectivity index (χ1n) is 12.8. The van der Waals surface area contributed by atoms with Crippen molar-refractivity contribution < 1.29 is 37.3 Å². The molecule has 0 bridgehead atoms. The molecule has 0 aliphatic carbocycles. The van der Waals surface area contributed by atoms with E-state index in [9.17, 15) is 23.1 Å². The highest BCUT2D eigenvalue weighted by Gasteiger charge is 2.32. The lowest BCUT2D eigenvalue weighted by Gasteiger charge is -2.21. The number of para-hydroxylation sites is 1. The van der Waals surface area contributed by atoms with Crippen LogP contribution in [0.5, 0.6) is 17.4 Å². The summed E-state index contributed by atoms with van der Waals surface area (Å²) in [5.41, 5.74) is 5.39. The summed E-state index contributed by atoms with van der Waals surface area (Å²) in [7, 11) is 0. The van der Waals surface area contributed by atoms with Crippen LogP contribution in [0, 0.1) is 6.92 Å². The zero-order valence-electron chi connectivity index (χ0n) is 21.8. The van der Waals surface area contributed by atoms with Crippen molar-refractivity contribution in [2.45, 2.75) is 32.7 Å².